The van der Waals surface area contributed by atoms with Crippen LogP contribution in [0.15, 0.2) is 54.6 Å². The van der Waals surface area contributed by atoms with Gasteiger partial charge in [0.05, 0.1) is 12.0 Å². The molecular formula is C19H17N3O4. The van der Waals surface area contributed by atoms with Crippen LogP contribution in [0.1, 0.15) is 11.6 Å². The quantitative estimate of drug-likeness (QED) is 0.792. The molecule has 2 aliphatic rings. The molecule has 26 heavy (non-hydrogen) atoms. The molecule has 2 fully saturated rings. The number of benzene rings is 2. The van der Waals surface area contributed by atoms with E-state index < -0.39 is 35.8 Å². The monoisotopic (exact) mass is 351 g/mol. The molecule has 3 unspecified atom stereocenters. The van der Waals surface area contributed by atoms with Crippen molar-refractivity contribution in [3.63, 3.8) is 0 Å². The lowest BCUT2D eigenvalue weighted by Gasteiger charge is -2.24. The lowest BCUT2D eigenvalue weighted by molar-refractivity contribution is -0.176. The summed E-state index contributed by atoms with van der Waals surface area (Å²) in [6.07, 6.45) is -0.930. The highest BCUT2D eigenvalue weighted by Crippen LogP contribution is 2.42. The van der Waals surface area contributed by atoms with Crippen molar-refractivity contribution >= 4 is 17.7 Å². The van der Waals surface area contributed by atoms with Crippen LogP contribution in [-0.2, 0) is 19.2 Å². The normalized spacial score (nSPS) is 25.2. The van der Waals surface area contributed by atoms with E-state index >= 15 is 0 Å². The van der Waals surface area contributed by atoms with Gasteiger partial charge in [0.15, 0.2) is 6.10 Å². The molecule has 7 heteroatoms. The predicted molar refractivity (Wildman–Crippen MR) is 92.0 cm³/mol. The Labute approximate surface area is 149 Å². The molecular weight excluding hydrogens is 334 g/mol. The fourth-order valence-corrected chi connectivity index (χ4v) is 3.56. The number of primary amides is 1. The Bertz CT molecular complexity index is 866. The summed E-state index contributed by atoms with van der Waals surface area (Å²) in [4.78, 5) is 41.1. The van der Waals surface area contributed by atoms with Gasteiger partial charge in [-0.2, -0.15) is 5.06 Å². The molecule has 0 aromatic heterocycles. The number of nitrogens with zero attached hydrogens (tertiary/aromatic N) is 1. The second-order valence-corrected chi connectivity index (χ2v) is 6.38. The first kappa shape index (κ1) is 16.4. The summed E-state index contributed by atoms with van der Waals surface area (Å²) >= 11 is 0. The number of fused-ring (bicyclic) bond motifs is 1. The van der Waals surface area contributed by atoms with Crippen LogP contribution in [0.5, 0.6) is 0 Å². The third-order valence-corrected chi connectivity index (χ3v) is 4.70. The molecule has 7 nitrogen and oxygen atoms in total. The van der Waals surface area contributed by atoms with Crippen LogP contribution in [0.25, 0.3) is 11.1 Å². The molecule has 0 saturated carbocycles. The van der Waals surface area contributed by atoms with Crippen molar-refractivity contribution < 1.29 is 19.2 Å². The summed E-state index contributed by atoms with van der Waals surface area (Å²) in [6.45, 7) is -0.196. The van der Waals surface area contributed by atoms with Gasteiger partial charge in [-0.05, 0) is 16.7 Å². The number of amides is 3. The van der Waals surface area contributed by atoms with Crippen LogP contribution < -0.4 is 11.1 Å². The standard InChI is InChI=1S/C19H17N3O4/c20-14(23)10-22-16(15-17(26-22)19(25)21-18(15)24)13-8-6-12(7-9-13)11-4-2-1-3-5-11/h1-9,15-17H,10H2,(H2,20,23)(H,21,24,25). The van der Waals surface area contributed by atoms with Crippen molar-refractivity contribution in [2.24, 2.45) is 11.7 Å². The zero-order valence-corrected chi connectivity index (χ0v) is 13.8. The van der Waals surface area contributed by atoms with Crippen LogP contribution in [0.3, 0.4) is 0 Å². The van der Waals surface area contributed by atoms with Crippen LogP contribution in [0.2, 0.25) is 0 Å². The second-order valence-electron chi connectivity index (χ2n) is 6.38. The predicted octanol–water partition coefficient (Wildman–Crippen LogP) is 0.768. The van der Waals surface area contributed by atoms with Gasteiger partial charge in [0.25, 0.3) is 5.91 Å². The van der Waals surface area contributed by atoms with Gasteiger partial charge in [-0.1, -0.05) is 54.6 Å². The van der Waals surface area contributed by atoms with Crippen molar-refractivity contribution in [2.45, 2.75) is 12.1 Å². The minimum absolute atomic E-state index is 0.196. The van der Waals surface area contributed by atoms with E-state index in [0.29, 0.717) is 0 Å². The number of nitrogens with one attached hydrogen (secondary N) is 1. The average Bonchev–Trinajstić information content (AvgIpc) is 3.13. The number of hydroxylamine groups is 2. The maximum absolute atomic E-state index is 12.2. The third-order valence-electron chi connectivity index (χ3n) is 4.70. The molecule has 0 bridgehead atoms. The summed E-state index contributed by atoms with van der Waals surface area (Å²) in [5, 5.41) is 3.62. The Hall–Kier alpha value is -3.03. The third kappa shape index (κ3) is 2.77. The molecule has 0 aliphatic carbocycles. The molecule has 2 saturated heterocycles. The zero-order chi connectivity index (χ0) is 18.3. The highest BCUT2D eigenvalue weighted by Gasteiger charge is 2.56. The number of hydrogen-bond acceptors (Lipinski definition) is 5. The zero-order valence-electron chi connectivity index (χ0n) is 13.8. The molecule has 0 spiro atoms. The molecule has 3 amide bonds. The highest BCUT2D eigenvalue weighted by atomic mass is 16.7. The molecule has 132 valence electrons. The van der Waals surface area contributed by atoms with Gasteiger partial charge in [-0.25, -0.2) is 0 Å². The number of imide groups is 1. The van der Waals surface area contributed by atoms with Crippen molar-refractivity contribution in [3.8, 4) is 11.1 Å². The first-order valence-corrected chi connectivity index (χ1v) is 8.26. The summed E-state index contributed by atoms with van der Waals surface area (Å²) in [5.74, 6) is -2.19. The smallest absolute Gasteiger partial charge is 0.258 e. The molecule has 3 atom stereocenters. The van der Waals surface area contributed by atoms with Gasteiger partial charge in [-0.15, -0.1) is 0 Å². The molecule has 2 aromatic carbocycles. The van der Waals surface area contributed by atoms with Crippen LogP contribution in [0, 0.1) is 5.92 Å². The summed E-state index contributed by atoms with van der Waals surface area (Å²) in [6, 6.07) is 17.0. The Morgan fingerprint density at radius 2 is 1.65 bits per heavy atom. The fourth-order valence-electron chi connectivity index (χ4n) is 3.56. The lowest BCUT2D eigenvalue weighted by atomic mass is 9.90. The molecule has 2 heterocycles. The van der Waals surface area contributed by atoms with Gasteiger partial charge in [0, 0.05) is 0 Å². The summed E-state index contributed by atoms with van der Waals surface area (Å²) in [5.41, 5.74) is 8.16. The largest absolute Gasteiger partial charge is 0.368 e. The van der Waals surface area contributed by atoms with E-state index in [4.69, 9.17) is 10.6 Å². The van der Waals surface area contributed by atoms with Crippen molar-refractivity contribution in [2.75, 3.05) is 6.54 Å². The van der Waals surface area contributed by atoms with Crippen LogP contribution >= 0.6 is 0 Å². The maximum atomic E-state index is 12.2. The van der Waals surface area contributed by atoms with Crippen molar-refractivity contribution in [1.29, 1.82) is 0 Å². The topological polar surface area (TPSA) is 102 Å². The number of carbonyl (C=O) groups is 3. The van der Waals surface area contributed by atoms with Gasteiger partial charge < -0.3 is 5.73 Å². The number of nitrogens with two attached hydrogens (primary N) is 1. The van der Waals surface area contributed by atoms with E-state index in [2.05, 4.69) is 5.32 Å². The van der Waals surface area contributed by atoms with Crippen molar-refractivity contribution in [3.05, 3.63) is 60.2 Å². The van der Waals surface area contributed by atoms with Crippen LogP contribution in [-0.4, -0.2) is 35.4 Å². The van der Waals surface area contributed by atoms with Crippen molar-refractivity contribution in [1.82, 2.24) is 10.4 Å². The second kappa shape index (κ2) is 6.36. The Balaban J connectivity index is 1.68. The maximum Gasteiger partial charge on any atom is 0.258 e. The Morgan fingerprint density at radius 3 is 2.31 bits per heavy atom. The SMILES string of the molecule is NC(=O)CN1OC2C(=O)NC(=O)C2C1c1ccc(-c2ccccc2)cc1. The van der Waals surface area contributed by atoms with Gasteiger partial charge >= 0.3 is 0 Å². The number of carbonyl (C=O) groups excluding carboxylic acids is 3. The van der Waals surface area contributed by atoms with E-state index in [9.17, 15) is 14.4 Å². The van der Waals surface area contributed by atoms with Crippen LogP contribution in [0.4, 0.5) is 0 Å². The Kier molecular flexibility index (Phi) is 4.02. The summed E-state index contributed by atoms with van der Waals surface area (Å²) in [7, 11) is 0. The average molecular weight is 351 g/mol. The minimum atomic E-state index is -0.930. The van der Waals surface area contributed by atoms with E-state index in [1.165, 1.54) is 5.06 Å². The first-order chi connectivity index (χ1) is 12.5. The molecule has 3 N–H and O–H groups in total. The fraction of sp³-hybridized carbons (Fsp3) is 0.211. The first-order valence-electron chi connectivity index (χ1n) is 8.26. The van der Waals surface area contributed by atoms with E-state index in [1.807, 2.05) is 54.6 Å². The number of hydrogen-bond donors (Lipinski definition) is 2. The molecule has 2 aromatic rings. The van der Waals surface area contributed by atoms with E-state index in [0.717, 1.165) is 16.7 Å². The highest BCUT2D eigenvalue weighted by molar-refractivity contribution is 6.07. The van der Waals surface area contributed by atoms with E-state index in [-0.39, 0.29) is 6.54 Å². The van der Waals surface area contributed by atoms with Gasteiger partial charge in [0.1, 0.15) is 6.54 Å². The molecule has 2 aliphatic heterocycles. The van der Waals surface area contributed by atoms with Gasteiger partial charge in [0.2, 0.25) is 11.8 Å². The van der Waals surface area contributed by atoms with E-state index in [1.54, 1.807) is 0 Å². The molecule has 4 rings (SSSR count). The lowest BCUT2D eigenvalue weighted by Crippen LogP contribution is -2.37. The summed E-state index contributed by atoms with van der Waals surface area (Å²) < 4.78 is 0. The Morgan fingerprint density at radius 1 is 1.00 bits per heavy atom. The minimum Gasteiger partial charge on any atom is -0.368 e. The number of rotatable bonds is 4. The van der Waals surface area contributed by atoms with Gasteiger partial charge in [-0.3, -0.25) is 24.5 Å². The molecule has 0 radical (unpaired) electrons.